The van der Waals surface area contributed by atoms with Crippen LogP contribution in [-0.4, -0.2) is 35.9 Å². The molecule has 1 heterocycles. The smallest absolute Gasteiger partial charge is 0.347 e. The van der Waals surface area contributed by atoms with Gasteiger partial charge >= 0.3 is 11.9 Å². The molecule has 0 aromatic heterocycles. The number of hydrogen-bond acceptors (Lipinski definition) is 4. The van der Waals surface area contributed by atoms with Gasteiger partial charge in [-0.1, -0.05) is 6.58 Å². The van der Waals surface area contributed by atoms with E-state index in [1.807, 2.05) is 0 Å². The fraction of sp³-hybridized carbons (Fsp3) is 0.667. The van der Waals surface area contributed by atoms with Gasteiger partial charge < -0.3 is 14.6 Å². The number of carbonyl (C=O) groups excluding carboxylic acids is 1. The molecule has 1 rings (SSSR count). The molecule has 0 saturated carbocycles. The van der Waals surface area contributed by atoms with Crippen LogP contribution in [0.25, 0.3) is 0 Å². The quantitative estimate of drug-likeness (QED) is 0.605. The van der Waals surface area contributed by atoms with E-state index in [4.69, 9.17) is 9.84 Å². The average Bonchev–Trinajstić information content (AvgIpc) is 2.74. The highest BCUT2D eigenvalue weighted by molar-refractivity contribution is 5.90. The van der Waals surface area contributed by atoms with Crippen molar-refractivity contribution < 1.29 is 24.2 Å². The summed E-state index contributed by atoms with van der Waals surface area (Å²) in [7, 11) is 0. The highest BCUT2D eigenvalue weighted by Gasteiger charge is 2.31. The second-order valence-corrected chi connectivity index (χ2v) is 4.30. The zero-order valence-electron chi connectivity index (χ0n) is 10.6. The predicted octanol–water partition coefficient (Wildman–Crippen LogP) is 1.77. The summed E-state index contributed by atoms with van der Waals surface area (Å²) in [5.41, 5.74) is -1.31. The Kier molecular flexibility index (Phi) is 6.50. The number of hydrogen-bond donors (Lipinski definition) is 1. The Bertz CT molecular complexity index is 282. The Morgan fingerprint density at radius 2 is 1.76 bits per heavy atom. The molecular formula is C12H20O5. The molecule has 0 spiro atoms. The Morgan fingerprint density at radius 3 is 2.00 bits per heavy atom. The topological polar surface area (TPSA) is 72.8 Å². The molecule has 1 aliphatic rings. The van der Waals surface area contributed by atoms with E-state index in [1.54, 1.807) is 0 Å². The molecule has 1 aliphatic heterocycles. The van der Waals surface area contributed by atoms with Gasteiger partial charge in [0.2, 0.25) is 5.60 Å². The van der Waals surface area contributed by atoms with E-state index in [1.165, 1.54) is 33.6 Å². The molecular weight excluding hydrogens is 224 g/mol. The average molecular weight is 244 g/mol. The third-order valence-corrected chi connectivity index (χ3v) is 2.04. The summed E-state index contributed by atoms with van der Waals surface area (Å²) < 4.78 is 9.57. The van der Waals surface area contributed by atoms with Crippen molar-refractivity contribution in [2.75, 3.05) is 13.2 Å². The summed E-state index contributed by atoms with van der Waals surface area (Å²) in [5, 5.41) is 8.57. The van der Waals surface area contributed by atoms with Gasteiger partial charge in [0, 0.05) is 18.8 Å². The third kappa shape index (κ3) is 6.73. The van der Waals surface area contributed by atoms with Crippen molar-refractivity contribution in [3.63, 3.8) is 0 Å². The van der Waals surface area contributed by atoms with Crippen molar-refractivity contribution in [1.29, 1.82) is 0 Å². The zero-order valence-corrected chi connectivity index (χ0v) is 10.6. The van der Waals surface area contributed by atoms with E-state index in [0.29, 0.717) is 0 Å². The first-order valence-corrected chi connectivity index (χ1v) is 5.47. The van der Waals surface area contributed by atoms with Crippen LogP contribution in [0.5, 0.6) is 0 Å². The number of carboxylic acids is 1. The molecule has 0 aromatic rings. The highest BCUT2D eigenvalue weighted by Crippen LogP contribution is 2.11. The van der Waals surface area contributed by atoms with Crippen LogP contribution in [0, 0.1) is 0 Å². The van der Waals surface area contributed by atoms with Gasteiger partial charge in [-0.3, -0.25) is 0 Å². The van der Waals surface area contributed by atoms with Gasteiger partial charge in [-0.15, -0.1) is 0 Å². The molecule has 0 aliphatic carbocycles. The Labute approximate surface area is 101 Å². The van der Waals surface area contributed by atoms with Crippen LogP contribution in [0.3, 0.4) is 0 Å². The lowest BCUT2D eigenvalue weighted by atomic mass is 10.1. The SMILES string of the molecule is C1CCOC1.C=C(C)C(=O)OC(C)(C)C(=O)O. The summed E-state index contributed by atoms with van der Waals surface area (Å²) in [5.74, 6) is -1.88. The maximum Gasteiger partial charge on any atom is 0.347 e. The van der Waals surface area contributed by atoms with Gasteiger partial charge in [0.15, 0.2) is 0 Å². The molecule has 1 N–H and O–H groups in total. The summed E-state index contributed by atoms with van der Waals surface area (Å²) in [6.07, 6.45) is 2.56. The van der Waals surface area contributed by atoms with Crippen molar-refractivity contribution in [3.8, 4) is 0 Å². The first-order valence-electron chi connectivity index (χ1n) is 5.47. The van der Waals surface area contributed by atoms with E-state index < -0.39 is 17.5 Å². The largest absolute Gasteiger partial charge is 0.478 e. The number of aliphatic carboxylic acids is 1. The van der Waals surface area contributed by atoms with Crippen LogP contribution in [0.4, 0.5) is 0 Å². The molecule has 5 heteroatoms. The van der Waals surface area contributed by atoms with Crippen molar-refractivity contribution in [2.24, 2.45) is 0 Å². The number of ether oxygens (including phenoxy) is 2. The minimum atomic E-state index is -1.49. The molecule has 0 atom stereocenters. The number of carbonyl (C=O) groups is 2. The fourth-order valence-corrected chi connectivity index (χ4v) is 0.873. The molecule has 0 amide bonds. The number of esters is 1. The van der Waals surface area contributed by atoms with Crippen molar-refractivity contribution in [2.45, 2.75) is 39.2 Å². The Morgan fingerprint density at radius 1 is 1.29 bits per heavy atom. The predicted molar refractivity (Wildman–Crippen MR) is 62.7 cm³/mol. The summed E-state index contributed by atoms with van der Waals surface area (Å²) in [6.45, 7) is 9.39. The molecule has 0 radical (unpaired) electrons. The van der Waals surface area contributed by atoms with Crippen LogP contribution < -0.4 is 0 Å². The van der Waals surface area contributed by atoms with Crippen LogP contribution in [0.2, 0.25) is 0 Å². The monoisotopic (exact) mass is 244 g/mol. The van der Waals surface area contributed by atoms with E-state index in [9.17, 15) is 9.59 Å². The standard InChI is InChI=1S/C8H12O4.C4H8O/c1-5(2)6(9)12-8(3,4)7(10)11;1-2-4-5-3-1/h1H2,2-4H3,(H,10,11);1-4H2. The lowest BCUT2D eigenvalue weighted by Crippen LogP contribution is -2.37. The van der Waals surface area contributed by atoms with E-state index in [0.717, 1.165) is 13.2 Å². The lowest BCUT2D eigenvalue weighted by Gasteiger charge is -2.19. The first-order chi connectivity index (χ1) is 7.77. The fourth-order valence-electron chi connectivity index (χ4n) is 0.873. The van der Waals surface area contributed by atoms with Gasteiger partial charge in [-0.2, -0.15) is 0 Å². The number of carboxylic acid groups (broad SMARTS) is 1. The van der Waals surface area contributed by atoms with Gasteiger partial charge in [0.1, 0.15) is 0 Å². The minimum Gasteiger partial charge on any atom is -0.478 e. The molecule has 0 bridgehead atoms. The zero-order chi connectivity index (χ0) is 13.5. The highest BCUT2D eigenvalue weighted by atomic mass is 16.6. The van der Waals surface area contributed by atoms with Crippen LogP contribution in [0.15, 0.2) is 12.2 Å². The normalized spacial score (nSPS) is 14.5. The third-order valence-electron chi connectivity index (χ3n) is 2.04. The molecule has 5 nitrogen and oxygen atoms in total. The second kappa shape index (κ2) is 7.06. The summed E-state index contributed by atoms with van der Waals surface area (Å²) in [6, 6.07) is 0. The molecule has 0 aromatic carbocycles. The summed E-state index contributed by atoms with van der Waals surface area (Å²) >= 11 is 0. The van der Waals surface area contributed by atoms with Crippen molar-refractivity contribution in [3.05, 3.63) is 12.2 Å². The maximum atomic E-state index is 10.9. The van der Waals surface area contributed by atoms with E-state index >= 15 is 0 Å². The molecule has 17 heavy (non-hydrogen) atoms. The summed E-state index contributed by atoms with van der Waals surface area (Å²) in [4.78, 5) is 21.4. The second-order valence-electron chi connectivity index (χ2n) is 4.30. The molecule has 1 fully saturated rings. The van der Waals surface area contributed by atoms with E-state index in [-0.39, 0.29) is 5.57 Å². The number of rotatable bonds is 3. The first kappa shape index (κ1) is 15.6. The lowest BCUT2D eigenvalue weighted by molar-refractivity contribution is -0.171. The minimum absolute atomic E-state index is 0.185. The Hall–Kier alpha value is -1.36. The van der Waals surface area contributed by atoms with Crippen molar-refractivity contribution >= 4 is 11.9 Å². The van der Waals surface area contributed by atoms with Crippen LogP contribution in [0.1, 0.15) is 33.6 Å². The van der Waals surface area contributed by atoms with Gasteiger partial charge in [-0.25, -0.2) is 9.59 Å². The Balaban J connectivity index is 0.000000419. The van der Waals surface area contributed by atoms with Gasteiger partial charge in [0.25, 0.3) is 0 Å². The van der Waals surface area contributed by atoms with Crippen molar-refractivity contribution in [1.82, 2.24) is 0 Å². The maximum absolute atomic E-state index is 10.9. The van der Waals surface area contributed by atoms with Gasteiger partial charge in [-0.05, 0) is 33.6 Å². The van der Waals surface area contributed by atoms with Crippen LogP contribution in [-0.2, 0) is 19.1 Å². The van der Waals surface area contributed by atoms with Crippen LogP contribution >= 0.6 is 0 Å². The molecule has 98 valence electrons. The van der Waals surface area contributed by atoms with E-state index in [2.05, 4.69) is 11.3 Å². The molecule has 1 saturated heterocycles. The molecule has 0 unspecified atom stereocenters. The van der Waals surface area contributed by atoms with Gasteiger partial charge in [0.05, 0.1) is 0 Å².